The molecule has 1 amide bonds. The van der Waals surface area contributed by atoms with Crippen molar-refractivity contribution in [3.05, 3.63) is 72.1 Å². The van der Waals surface area contributed by atoms with Crippen LogP contribution in [0, 0.1) is 6.07 Å². The highest BCUT2D eigenvalue weighted by atomic mass is 16.5. The summed E-state index contributed by atoms with van der Waals surface area (Å²) in [6.45, 7) is 2.94. The summed E-state index contributed by atoms with van der Waals surface area (Å²) in [7, 11) is 0. The molecule has 4 aromatic rings. The average Bonchev–Trinajstić information content (AvgIpc) is 3.05. The number of nitrogens with zero attached hydrogens (tertiary/aromatic N) is 2. The Labute approximate surface area is 162 Å². The number of ether oxygens (including phenoxy) is 2. The first-order chi connectivity index (χ1) is 13.7. The predicted molar refractivity (Wildman–Crippen MR) is 107 cm³/mol. The Morgan fingerprint density at radius 1 is 1.21 bits per heavy atom. The molecule has 0 bridgehead atoms. The molecule has 1 radical (unpaired) electrons. The van der Waals surface area contributed by atoms with Crippen LogP contribution in [0.1, 0.15) is 22.8 Å². The lowest BCUT2D eigenvalue weighted by atomic mass is 10.1. The van der Waals surface area contributed by atoms with Gasteiger partial charge in [0.2, 0.25) is 5.88 Å². The highest BCUT2D eigenvalue weighted by Crippen LogP contribution is 2.32. The van der Waals surface area contributed by atoms with Crippen LogP contribution in [-0.2, 0) is 6.42 Å². The maximum Gasteiger partial charge on any atom is 0.251 e. The molecule has 0 saturated carbocycles. The van der Waals surface area contributed by atoms with Crippen LogP contribution in [0.25, 0.3) is 16.4 Å². The van der Waals surface area contributed by atoms with Gasteiger partial charge < -0.3 is 19.6 Å². The van der Waals surface area contributed by atoms with Gasteiger partial charge in [-0.1, -0.05) is 24.3 Å². The largest absolute Gasteiger partial charge is 0.491 e. The molecule has 6 nitrogen and oxygen atoms in total. The Morgan fingerprint density at radius 3 is 2.82 bits per heavy atom. The Balaban J connectivity index is 1.61. The summed E-state index contributed by atoms with van der Waals surface area (Å²) in [5, 5.41) is 0.801. The smallest absolute Gasteiger partial charge is 0.251 e. The average molecular weight is 374 g/mol. The molecule has 0 aliphatic rings. The van der Waals surface area contributed by atoms with Crippen molar-refractivity contribution in [2.24, 2.45) is 5.73 Å². The summed E-state index contributed by atoms with van der Waals surface area (Å²) in [6, 6.07) is 16.3. The number of carbonyl (C=O) groups is 1. The number of fused-ring (bicyclic) bond motifs is 3. The zero-order valence-corrected chi connectivity index (χ0v) is 15.5. The number of carbonyl (C=O) groups excluding carboxylic acids is 1. The molecule has 141 valence electrons. The van der Waals surface area contributed by atoms with Crippen molar-refractivity contribution < 1.29 is 14.3 Å². The number of nitrogens with two attached hydrogens (primary N) is 1. The third-order valence-electron chi connectivity index (χ3n) is 4.55. The Kier molecular flexibility index (Phi) is 4.85. The fraction of sp³-hybridized carbons (Fsp3) is 0.182. The van der Waals surface area contributed by atoms with Crippen molar-refractivity contribution in [3.8, 4) is 11.6 Å². The molecule has 0 saturated heterocycles. The Bertz CT molecular complexity index is 1130. The minimum absolute atomic E-state index is 0.433. The van der Waals surface area contributed by atoms with Crippen molar-refractivity contribution in [1.82, 2.24) is 9.38 Å². The van der Waals surface area contributed by atoms with Crippen LogP contribution >= 0.6 is 0 Å². The van der Waals surface area contributed by atoms with Crippen LogP contribution in [0.4, 0.5) is 0 Å². The van der Waals surface area contributed by atoms with Gasteiger partial charge >= 0.3 is 0 Å². The normalized spacial score (nSPS) is 11.0. The number of primary amides is 1. The highest BCUT2D eigenvalue weighted by molar-refractivity contribution is 6.14. The van der Waals surface area contributed by atoms with Crippen molar-refractivity contribution in [1.29, 1.82) is 0 Å². The monoisotopic (exact) mass is 374 g/mol. The topological polar surface area (TPSA) is 78.9 Å². The van der Waals surface area contributed by atoms with Crippen LogP contribution in [0.2, 0.25) is 0 Å². The number of aromatic nitrogens is 2. The minimum Gasteiger partial charge on any atom is -0.491 e. The number of hydrogen-bond acceptors (Lipinski definition) is 4. The Hall–Kier alpha value is -3.54. The molecule has 2 N–H and O–H groups in total. The molecule has 0 aliphatic carbocycles. The number of benzene rings is 1. The minimum atomic E-state index is -0.481. The molecule has 6 heteroatoms. The zero-order chi connectivity index (χ0) is 19.5. The lowest BCUT2D eigenvalue weighted by molar-refractivity contribution is 0.100. The van der Waals surface area contributed by atoms with Crippen molar-refractivity contribution in [2.45, 2.75) is 13.3 Å². The van der Waals surface area contributed by atoms with Gasteiger partial charge in [0.1, 0.15) is 11.3 Å². The standard InChI is InChI=1S/C22H20N3O3/c1-2-27-19-10-9-15(14-24-19)11-13-28-18-8-5-12-25-17-7-4-3-6-16(17)20(21(18)25)22(23)26/h3-4,6-10,12,14H,2,11,13H2,1H3,(H2,23,26). The summed E-state index contributed by atoms with van der Waals surface area (Å²) < 4.78 is 13.2. The van der Waals surface area contributed by atoms with E-state index in [1.165, 1.54) is 0 Å². The number of hydrogen-bond donors (Lipinski definition) is 1. The van der Waals surface area contributed by atoms with Crippen LogP contribution in [0.5, 0.6) is 11.6 Å². The van der Waals surface area contributed by atoms with Gasteiger partial charge in [0, 0.05) is 36.3 Å². The van der Waals surface area contributed by atoms with Gasteiger partial charge in [-0.05, 0) is 24.6 Å². The number of pyridine rings is 2. The molecule has 3 aromatic heterocycles. The van der Waals surface area contributed by atoms with E-state index in [9.17, 15) is 4.79 Å². The second-order valence-corrected chi connectivity index (χ2v) is 6.32. The van der Waals surface area contributed by atoms with Gasteiger partial charge in [0.25, 0.3) is 5.91 Å². The van der Waals surface area contributed by atoms with Crippen LogP contribution < -0.4 is 15.2 Å². The molecule has 0 unspecified atom stereocenters. The second-order valence-electron chi connectivity index (χ2n) is 6.32. The summed E-state index contributed by atoms with van der Waals surface area (Å²) in [5.41, 5.74) is 8.73. The summed E-state index contributed by atoms with van der Waals surface area (Å²) in [5.74, 6) is 0.703. The lowest BCUT2D eigenvalue weighted by Gasteiger charge is -2.09. The third-order valence-corrected chi connectivity index (χ3v) is 4.55. The molecule has 0 aliphatic heterocycles. The van der Waals surface area contributed by atoms with E-state index in [2.05, 4.69) is 11.1 Å². The molecular formula is C22H20N3O3. The molecule has 1 aromatic carbocycles. The summed E-state index contributed by atoms with van der Waals surface area (Å²) >= 11 is 0. The first-order valence-electron chi connectivity index (χ1n) is 9.12. The van der Waals surface area contributed by atoms with Gasteiger partial charge in [-0.15, -0.1) is 0 Å². The van der Waals surface area contributed by atoms with Gasteiger partial charge in [0.15, 0.2) is 0 Å². The fourth-order valence-electron chi connectivity index (χ4n) is 3.33. The van der Waals surface area contributed by atoms with E-state index in [1.54, 1.807) is 18.5 Å². The van der Waals surface area contributed by atoms with Crippen LogP contribution in [0.15, 0.2) is 54.9 Å². The molecule has 0 atom stereocenters. The first-order valence-corrected chi connectivity index (χ1v) is 9.12. The number of amides is 1. The summed E-state index contributed by atoms with van der Waals surface area (Å²) in [4.78, 5) is 16.4. The SMILES string of the molecule is CCOc1ccc(CCOc2c[c]cn3c2c(C(N)=O)c2ccccc23)cn1. The molecule has 0 spiro atoms. The van der Waals surface area contributed by atoms with E-state index < -0.39 is 5.91 Å². The maximum atomic E-state index is 12.1. The Morgan fingerprint density at radius 2 is 2.07 bits per heavy atom. The van der Waals surface area contributed by atoms with E-state index in [0.29, 0.717) is 42.3 Å². The molecule has 4 rings (SSSR count). The highest BCUT2D eigenvalue weighted by Gasteiger charge is 2.19. The zero-order valence-electron chi connectivity index (χ0n) is 15.5. The third kappa shape index (κ3) is 3.24. The van der Waals surface area contributed by atoms with Crippen molar-refractivity contribution in [3.63, 3.8) is 0 Å². The first kappa shape index (κ1) is 17.9. The molecule has 28 heavy (non-hydrogen) atoms. The van der Waals surface area contributed by atoms with Gasteiger partial charge in [-0.3, -0.25) is 4.79 Å². The fourth-order valence-corrected chi connectivity index (χ4v) is 3.33. The van der Waals surface area contributed by atoms with E-state index in [1.807, 2.05) is 47.7 Å². The van der Waals surface area contributed by atoms with Gasteiger partial charge in [0.05, 0.1) is 24.3 Å². The summed E-state index contributed by atoms with van der Waals surface area (Å²) in [6.07, 6.45) is 4.24. The maximum absolute atomic E-state index is 12.1. The van der Waals surface area contributed by atoms with E-state index >= 15 is 0 Å². The second kappa shape index (κ2) is 7.60. The number of rotatable bonds is 7. The molecular weight excluding hydrogens is 354 g/mol. The van der Waals surface area contributed by atoms with E-state index in [-0.39, 0.29) is 0 Å². The van der Waals surface area contributed by atoms with E-state index in [0.717, 1.165) is 16.5 Å². The van der Waals surface area contributed by atoms with Crippen molar-refractivity contribution in [2.75, 3.05) is 13.2 Å². The quantitative estimate of drug-likeness (QED) is 0.538. The van der Waals surface area contributed by atoms with Crippen molar-refractivity contribution >= 4 is 22.3 Å². The van der Waals surface area contributed by atoms with Crippen LogP contribution in [-0.4, -0.2) is 28.5 Å². The molecule has 3 heterocycles. The number of para-hydroxylation sites is 1. The lowest BCUT2D eigenvalue weighted by Crippen LogP contribution is -2.11. The van der Waals surface area contributed by atoms with E-state index in [4.69, 9.17) is 15.2 Å². The van der Waals surface area contributed by atoms with Crippen LogP contribution in [0.3, 0.4) is 0 Å². The predicted octanol–water partition coefficient (Wildman–Crippen LogP) is 3.41. The molecule has 0 fully saturated rings. The van der Waals surface area contributed by atoms with Gasteiger partial charge in [-0.25, -0.2) is 4.98 Å². The van der Waals surface area contributed by atoms with Gasteiger partial charge in [-0.2, -0.15) is 0 Å².